The molecule has 13 nitrogen and oxygen atoms in total. The molecule has 2 aliphatic carbocycles. The van der Waals surface area contributed by atoms with Crippen molar-refractivity contribution < 1.29 is 41.9 Å². The van der Waals surface area contributed by atoms with E-state index in [9.17, 15) is 37.1 Å². The Kier molecular flexibility index (Phi) is 10.8. The third-order valence-electron chi connectivity index (χ3n) is 13.3. The van der Waals surface area contributed by atoms with E-state index in [0.717, 1.165) is 103 Å². The van der Waals surface area contributed by atoms with E-state index in [1.165, 1.54) is 13.2 Å². The zero-order valence-corrected chi connectivity index (χ0v) is 34.4. The molecule has 17 heteroatoms. The number of alkyl halides is 3. The van der Waals surface area contributed by atoms with E-state index in [4.69, 9.17) is 9.72 Å². The molecule has 1 unspecified atom stereocenters. The first-order valence-corrected chi connectivity index (χ1v) is 21.7. The van der Waals surface area contributed by atoms with E-state index in [-0.39, 0.29) is 24.1 Å². The van der Waals surface area contributed by atoms with E-state index in [1.54, 1.807) is 35.6 Å². The first-order chi connectivity index (χ1) is 29.3. The smallest absolute Gasteiger partial charge is 0.433 e. The number of anilines is 2. The summed E-state index contributed by atoms with van der Waals surface area (Å²) >= 11 is 1.57. The van der Waals surface area contributed by atoms with Crippen LogP contribution in [0.1, 0.15) is 112 Å². The standard InChI is InChI=1S/C44H46F3N7O6S/c1-60-33-18-31-34(19-30(33)50-38(56)29-6-3-7-35(49-29)44(45,46)47)61-40(51-31)26-10-8-25(9-11-26)21-53-22-43(23-53)16-14-24(15-17-43)20-48-28-5-2-4-27-37(28)42(59)54(41(27)58)32-12-13-36(55)52-39(32)57/h2-7,18-19,24-26,32,48H,8-17,20-23H2,1H3,(H,50,56)(H,52,55,57). The maximum atomic E-state index is 13.5. The highest BCUT2D eigenvalue weighted by Gasteiger charge is 2.47. The van der Waals surface area contributed by atoms with Crippen molar-refractivity contribution in [2.75, 3.05) is 43.9 Å². The van der Waals surface area contributed by atoms with Crippen molar-refractivity contribution in [1.82, 2.24) is 25.1 Å². The Bertz CT molecular complexity index is 2420. The van der Waals surface area contributed by atoms with Gasteiger partial charge in [0.15, 0.2) is 0 Å². The average Bonchev–Trinajstić information content (AvgIpc) is 3.76. The highest BCUT2D eigenvalue weighted by Crippen LogP contribution is 2.47. The van der Waals surface area contributed by atoms with Crippen molar-refractivity contribution in [3.63, 3.8) is 0 Å². The third kappa shape index (κ3) is 8.09. The number of ether oxygens (including phenoxy) is 1. The molecule has 2 aromatic heterocycles. The predicted molar refractivity (Wildman–Crippen MR) is 220 cm³/mol. The molecule has 9 rings (SSSR count). The minimum atomic E-state index is -4.66. The molecule has 3 N–H and O–H groups in total. The van der Waals surface area contributed by atoms with Crippen LogP contribution >= 0.6 is 11.3 Å². The van der Waals surface area contributed by atoms with E-state index < -0.39 is 47.4 Å². The summed E-state index contributed by atoms with van der Waals surface area (Å²) in [6, 6.07) is 10.9. The number of piperidine rings is 1. The van der Waals surface area contributed by atoms with Crippen LogP contribution in [0, 0.1) is 17.3 Å². The van der Waals surface area contributed by atoms with Crippen molar-refractivity contribution in [3.05, 3.63) is 76.1 Å². The highest BCUT2D eigenvalue weighted by molar-refractivity contribution is 7.18. The first kappa shape index (κ1) is 41.0. The zero-order chi connectivity index (χ0) is 42.6. The Hall–Kier alpha value is -5.42. The molecule has 3 aliphatic heterocycles. The van der Waals surface area contributed by atoms with Crippen molar-refractivity contribution in [1.29, 1.82) is 0 Å². The third-order valence-corrected chi connectivity index (χ3v) is 14.5. The molecule has 4 aromatic rings. The molecule has 4 fully saturated rings. The number of carbonyl (C=O) groups is 5. The minimum absolute atomic E-state index is 0.0798. The summed E-state index contributed by atoms with van der Waals surface area (Å²) in [7, 11) is 1.47. The quantitative estimate of drug-likeness (QED) is 0.139. The van der Waals surface area contributed by atoms with Gasteiger partial charge >= 0.3 is 6.18 Å². The number of imide groups is 2. The average molecular weight is 858 g/mol. The van der Waals surface area contributed by atoms with Gasteiger partial charge in [-0.15, -0.1) is 11.3 Å². The van der Waals surface area contributed by atoms with Gasteiger partial charge in [0.25, 0.3) is 17.7 Å². The summed E-state index contributed by atoms with van der Waals surface area (Å²) in [6.07, 6.45) is 4.35. The van der Waals surface area contributed by atoms with Gasteiger partial charge in [0, 0.05) is 50.3 Å². The van der Waals surface area contributed by atoms with E-state index in [2.05, 4.69) is 25.8 Å². The van der Waals surface area contributed by atoms with Gasteiger partial charge in [-0.3, -0.25) is 34.2 Å². The van der Waals surface area contributed by atoms with Crippen molar-refractivity contribution >= 4 is 62.5 Å². The lowest BCUT2D eigenvalue weighted by atomic mass is 9.65. The van der Waals surface area contributed by atoms with Crippen LogP contribution in [0.4, 0.5) is 24.5 Å². The van der Waals surface area contributed by atoms with Crippen LogP contribution in [-0.2, 0) is 15.8 Å². The fourth-order valence-electron chi connectivity index (χ4n) is 10.0. The fraction of sp³-hybridized carbons (Fsp3) is 0.477. The van der Waals surface area contributed by atoms with Gasteiger partial charge in [0.2, 0.25) is 11.8 Å². The number of benzene rings is 2. The summed E-state index contributed by atoms with van der Waals surface area (Å²) in [5.74, 6) is -1.02. The number of rotatable bonds is 10. The molecule has 320 valence electrons. The van der Waals surface area contributed by atoms with Crippen molar-refractivity contribution in [3.8, 4) is 5.75 Å². The number of hydrogen-bond acceptors (Lipinski definition) is 11. The van der Waals surface area contributed by atoms with Gasteiger partial charge < -0.3 is 20.3 Å². The number of nitrogens with zero attached hydrogens (tertiary/aromatic N) is 4. The topological polar surface area (TPSA) is 163 Å². The second kappa shape index (κ2) is 16.1. The predicted octanol–water partition coefficient (Wildman–Crippen LogP) is 7.25. The Morgan fingerprint density at radius 1 is 0.918 bits per heavy atom. The largest absolute Gasteiger partial charge is 0.494 e. The van der Waals surface area contributed by atoms with Crippen LogP contribution in [-0.4, -0.2) is 88.6 Å². The van der Waals surface area contributed by atoms with Gasteiger partial charge in [0.05, 0.1) is 39.1 Å². The number of halogens is 3. The van der Waals surface area contributed by atoms with Gasteiger partial charge in [0.1, 0.15) is 23.2 Å². The Balaban J connectivity index is 0.732. The van der Waals surface area contributed by atoms with E-state index in [0.29, 0.717) is 52.4 Å². The molecule has 2 saturated carbocycles. The zero-order valence-electron chi connectivity index (χ0n) is 33.6. The summed E-state index contributed by atoms with van der Waals surface area (Å²) in [5, 5.41) is 9.42. The minimum Gasteiger partial charge on any atom is -0.494 e. The molecule has 2 saturated heterocycles. The molecule has 1 spiro atoms. The summed E-state index contributed by atoms with van der Waals surface area (Å²) < 4.78 is 45.9. The molecule has 0 radical (unpaired) electrons. The lowest BCUT2D eigenvalue weighted by Crippen LogP contribution is -2.58. The SMILES string of the molecule is COc1cc2nc(C3CCC(CN4CC5(CCC(CNc6cccc7c6C(=O)N(C6CCC(=O)NC6=O)C7=O)CC5)C4)CC3)sc2cc1NC(=O)c1cccc(C(F)(F)F)n1. The van der Waals surface area contributed by atoms with Crippen molar-refractivity contribution in [2.24, 2.45) is 17.3 Å². The molecule has 1 atom stereocenters. The Morgan fingerprint density at radius 3 is 2.39 bits per heavy atom. The molecule has 5 amide bonds. The van der Waals surface area contributed by atoms with E-state index >= 15 is 0 Å². The molecule has 5 aliphatic rings. The lowest BCUT2D eigenvalue weighted by molar-refractivity contribution is -0.141. The number of carbonyl (C=O) groups excluding carboxylic acids is 5. The number of aromatic nitrogens is 2. The van der Waals surface area contributed by atoms with Gasteiger partial charge in [-0.2, -0.15) is 13.2 Å². The number of amides is 5. The van der Waals surface area contributed by atoms with Gasteiger partial charge in [-0.25, -0.2) is 9.97 Å². The van der Waals surface area contributed by atoms with Crippen molar-refractivity contribution in [2.45, 2.75) is 82.3 Å². The number of thiazole rings is 1. The monoisotopic (exact) mass is 857 g/mol. The summed E-state index contributed by atoms with van der Waals surface area (Å²) in [6.45, 7) is 4.03. The van der Waals surface area contributed by atoms with Crippen LogP contribution in [0.5, 0.6) is 5.75 Å². The summed E-state index contributed by atoms with van der Waals surface area (Å²) in [5.41, 5.74) is 1.14. The maximum absolute atomic E-state index is 13.5. The number of hydrogen-bond donors (Lipinski definition) is 3. The van der Waals surface area contributed by atoms with Gasteiger partial charge in [-0.05, 0) is 105 Å². The number of methoxy groups -OCH3 is 1. The first-order valence-electron chi connectivity index (χ1n) is 20.9. The molecule has 61 heavy (non-hydrogen) atoms. The van der Waals surface area contributed by atoms with Crippen LogP contribution in [0.2, 0.25) is 0 Å². The Labute approximate surface area is 353 Å². The van der Waals surface area contributed by atoms with Gasteiger partial charge in [-0.1, -0.05) is 12.1 Å². The Morgan fingerprint density at radius 2 is 1.67 bits per heavy atom. The molecule has 0 bridgehead atoms. The summed E-state index contributed by atoms with van der Waals surface area (Å²) in [4.78, 5) is 75.9. The maximum Gasteiger partial charge on any atom is 0.433 e. The number of pyridine rings is 1. The second-order valence-electron chi connectivity index (χ2n) is 17.3. The lowest BCUT2D eigenvalue weighted by Gasteiger charge is -2.54. The number of nitrogens with one attached hydrogen (secondary N) is 3. The van der Waals surface area contributed by atoms with E-state index in [1.807, 2.05) is 6.07 Å². The number of fused-ring (bicyclic) bond motifs is 2. The van der Waals surface area contributed by atoms with Crippen LogP contribution < -0.4 is 20.7 Å². The van der Waals surface area contributed by atoms with Crippen LogP contribution in [0.15, 0.2) is 48.5 Å². The normalized spacial score (nSPS) is 23.2. The molecule has 5 heterocycles. The molecular weight excluding hydrogens is 812 g/mol. The number of likely N-dealkylation sites (tertiary alicyclic amines) is 1. The highest BCUT2D eigenvalue weighted by atomic mass is 32.1. The van der Waals surface area contributed by atoms with Crippen LogP contribution in [0.3, 0.4) is 0 Å². The second-order valence-corrected chi connectivity index (χ2v) is 18.4. The van der Waals surface area contributed by atoms with Crippen LogP contribution in [0.25, 0.3) is 10.2 Å². The molecule has 2 aromatic carbocycles. The fourth-order valence-corrected chi connectivity index (χ4v) is 11.2. The molecular formula is C44H46F3N7O6S.